The number of hydrogen-bond acceptors (Lipinski definition) is 7. The van der Waals surface area contributed by atoms with E-state index >= 15 is 0 Å². The molecule has 1 aliphatic carbocycles. The summed E-state index contributed by atoms with van der Waals surface area (Å²) in [7, 11) is 0. The Labute approximate surface area is 218 Å². The molecule has 0 amide bonds. The standard InChI is InChI=1S/C28H28F3N5O2/c29-28(30,31)19-7-6-8-20(17-19)35-13-15-36(16-14-35)26-25(33-23-11-4-5-12-24(23)34-26)22(18-32)27(37)38-21-9-2-1-3-10-21/h4-8,11-12,17,21-22H,1-3,9-10,13-16H2/t22-/m1/s1. The highest BCUT2D eigenvalue weighted by molar-refractivity contribution is 5.85. The second-order valence-electron chi connectivity index (χ2n) is 9.70. The van der Waals surface area contributed by atoms with Gasteiger partial charge in [-0.25, -0.2) is 9.97 Å². The van der Waals surface area contributed by atoms with Crippen LogP contribution in [0.4, 0.5) is 24.7 Å². The lowest BCUT2D eigenvalue weighted by Gasteiger charge is -2.37. The molecule has 2 aliphatic rings. The fraction of sp³-hybridized carbons (Fsp3) is 0.429. The molecule has 0 spiro atoms. The number of benzene rings is 2. The molecule has 2 aromatic carbocycles. The maximum atomic E-state index is 13.2. The zero-order valence-corrected chi connectivity index (χ0v) is 20.8. The van der Waals surface area contributed by atoms with Crippen LogP contribution in [0.5, 0.6) is 0 Å². The number of ether oxygens (including phenoxy) is 1. The van der Waals surface area contributed by atoms with Crippen LogP contribution in [0.25, 0.3) is 11.0 Å². The highest BCUT2D eigenvalue weighted by atomic mass is 19.4. The number of hydrogen-bond donors (Lipinski definition) is 0. The minimum Gasteiger partial charge on any atom is -0.461 e. The van der Waals surface area contributed by atoms with E-state index in [9.17, 15) is 23.2 Å². The zero-order chi connectivity index (χ0) is 26.7. The maximum Gasteiger partial charge on any atom is 0.416 e. The van der Waals surface area contributed by atoms with E-state index in [0.29, 0.717) is 48.7 Å². The van der Waals surface area contributed by atoms with Crippen LogP contribution < -0.4 is 9.80 Å². The van der Waals surface area contributed by atoms with Crippen LogP contribution in [0, 0.1) is 11.3 Å². The third-order valence-corrected chi connectivity index (χ3v) is 7.17. The Kier molecular flexibility index (Phi) is 7.36. The van der Waals surface area contributed by atoms with E-state index in [4.69, 9.17) is 9.72 Å². The number of rotatable bonds is 5. The lowest BCUT2D eigenvalue weighted by Crippen LogP contribution is -2.47. The number of carbonyl (C=O) groups excluding carboxylic acids is 1. The highest BCUT2D eigenvalue weighted by Gasteiger charge is 2.34. The van der Waals surface area contributed by atoms with E-state index in [1.54, 1.807) is 12.1 Å². The summed E-state index contributed by atoms with van der Waals surface area (Å²) in [6.45, 7) is 1.76. The van der Waals surface area contributed by atoms with E-state index in [0.717, 1.165) is 44.2 Å². The molecule has 2 heterocycles. The molecule has 198 valence electrons. The number of alkyl halides is 3. The Bertz CT molecular complexity index is 1340. The minimum atomic E-state index is -4.41. The molecule has 2 fully saturated rings. The van der Waals surface area contributed by atoms with Crippen LogP contribution >= 0.6 is 0 Å². The Balaban J connectivity index is 1.40. The van der Waals surface area contributed by atoms with Gasteiger partial charge in [-0.15, -0.1) is 0 Å². The van der Waals surface area contributed by atoms with Gasteiger partial charge in [0.2, 0.25) is 0 Å². The fourth-order valence-electron chi connectivity index (χ4n) is 5.13. The third kappa shape index (κ3) is 5.52. The maximum absolute atomic E-state index is 13.2. The third-order valence-electron chi connectivity index (χ3n) is 7.17. The molecular weight excluding hydrogens is 495 g/mol. The predicted molar refractivity (Wildman–Crippen MR) is 137 cm³/mol. The second kappa shape index (κ2) is 10.9. The molecule has 1 aliphatic heterocycles. The molecule has 38 heavy (non-hydrogen) atoms. The molecular formula is C28H28F3N5O2. The molecule has 0 unspecified atom stereocenters. The highest BCUT2D eigenvalue weighted by Crippen LogP contribution is 2.33. The number of nitrogens with zero attached hydrogens (tertiary/aromatic N) is 5. The van der Waals surface area contributed by atoms with Crippen molar-refractivity contribution in [1.29, 1.82) is 5.26 Å². The summed E-state index contributed by atoms with van der Waals surface area (Å²) < 4.78 is 45.3. The average molecular weight is 524 g/mol. The lowest BCUT2D eigenvalue weighted by atomic mass is 9.97. The Hall–Kier alpha value is -3.87. The van der Waals surface area contributed by atoms with Gasteiger partial charge in [0.1, 0.15) is 11.8 Å². The van der Waals surface area contributed by atoms with Crippen molar-refractivity contribution in [2.75, 3.05) is 36.0 Å². The second-order valence-corrected chi connectivity index (χ2v) is 9.70. The minimum absolute atomic E-state index is 0.194. The smallest absolute Gasteiger partial charge is 0.416 e. The van der Waals surface area contributed by atoms with Gasteiger partial charge >= 0.3 is 12.1 Å². The van der Waals surface area contributed by atoms with Crippen LogP contribution in [-0.2, 0) is 15.7 Å². The average Bonchev–Trinajstić information content (AvgIpc) is 2.93. The van der Waals surface area contributed by atoms with Crippen LogP contribution in [-0.4, -0.2) is 48.2 Å². The van der Waals surface area contributed by atoms with E-state index < -0.39 is 23.6 Å². The number of halogens is 3. The fourth-order valence-corrected chi connectivity index (χ4v) is 5.13. The van der Waals surface area contributed by atoms with Crippen molar-refractivity contribution in [1.82, 2.24) is 9.97 Å². The molecule has 1 atom stereocenters. The van der Waals surface area contributed by atoms with Crippen molar-refractivity contribution in [3.8, 4) is 6.07 Å². The van der Waals surface area contributed by atoms with E-state index in [1.807, 2.05) is 28.0 Å². The number of para-hydroxylation sites is 2. The largest absolute Gasteiger partial charge is 0.461 e. The summed E-state index contributed by atoms with van der Waals surface area (Å²) in [5, 5.41) is 10.0. The number of fused-ring (bicyclic) bond motifs is 1. The summed E-state index contributed by atoms with van der Waals surface area (Å²) in [5.74, 6) is -1.42. The van der Waals surface area contributed by atoms with E-state index in [2.05, 4.69) is 11.1 Å². The first-order chi connectivity index (χ1) is 18.3. The zero-order valence-electron chi connectivity index (χ0n) is 20.8. The van der Waals surface area contributed by atoms with Crippen molar-refractivity contribution in [2.24, 2.45) is 0 Å². The summed E-state index contributed by atoms with van der Waals surface area (Å²) >= 11 is 0. The monoisotopic (exact) mass is 523 g/mol. The normalized spacial score (nSPS) is 17.7. The topological polar surface area (TPSA) is 82.3 Å². The molecule has 0 bridgehead atoms. The van der Waals surface area contributed by atoms with Gasteiger partial charge in [-0.05, 0) is 56.0 Å². The van der Waals surface area contributed by atoms with E-state index in [1.165, 1.54) is 6.07 Å². The SMILES string of the molecule is N#C[C@@H](C(=O)OC1CCCCC1)c1nc2ccccc2nc1N1CCN(c2cccc(C(F)(F)F)c2)CC1. The van der Waals surface area contributed by atoms with Crippen molar-refractivity contribution >= 4 is 28.5 Å². The number of esters is 1. The van der Waals surface area contributed by atoms with Gasteiger partial charge in [0.05, 0.1) is 22.7 Å². The summed E-state index contributed by atoms with van der Waals surface area (Å²) in [5.41, 5.74) is 1.26. The molecule has 7 nitrogen and oxygen atoms in total. The summed E-state index contributed by atoms with van der Waals surface area (Å²) in [4.78, 5) is 26.4. The lowest BCUT2D eigenvalue weighted by molar-refractivity contribution is -0.151. The van der Waals surface area contributed by atoms with Gasteiger partial charge in [-0.2, -0.15) is 18.4 Å². The number of carbonyl (C=O) groups is 1. The molecule has 3 aromatic rings. The Morgan fingerprint density at radius 1 is 0.947 bits per heavy atom. The molecule has 1 aromatic heterocycles. The first-order valence-electron chi connectivity index (χ1n) is 12.9. The summed E-state index contributed by atoms with van der Waals surface area (Å²) in [6, 6.07) is 14.6. The van der Waals surface area contributed by atoms with Gasteiger partial charge in [-0.3, -0.25) is 4.79 Å². The molecule has 0 N–H and O–H groups in total. The molecule has 1 saturated carbocycles. The van der Waals surface area contributed by atoms with Gasteiger partial charge in [0, 0.05) is 31.9 Å². The Morgan fingerprint density at radius 3 is 2.26 bits per heavy atom. The molecule has 0 radical (unpaired) electrons. The van der Waals surface area contributed by atoms with Gasteiger partial charge in [-0.1, -0.05) is 24.6 Å². The molecule has 5 rings (SSSR count). The van der Waals surface area contributed by atoms with Crippen LogP contribution in [0.3, 0.4) is 0 Å². The van der Waals surface area contributed by atoms with Crippen LogP contribution in [0.2, 0.25) is 0 Å². The number of anilines is 2. The van der Waals surface area contributed by atoms with Gasteiger partial charge in [0.15, 0.2) is 11.7 Å². The summed E-state index contributed by atoms with van der Waals surface area (Å²) in [6.07, 6.45) is 0.0719. The molecule has 10 heteroatoms. The number of nitriles is 1. The first kappa shape index (κ1) is 25.8. The van der Waals surface area contributed by atoms with Crippen molar-refractivity contribution in [3.05, 3.63) is 59.8 Å². The van der Waals surface area contributed by atoms with Crippen molar-refractivity contribution in [3.63, 3.8) is 0 Å². The number of aromatic nitrogens is 2. The Morgan fingerprint density at radius 2 is 1.61 bits per heavy atom. The van der Waals surface area contributed by atoms with Crippen molar-refractivity contribution in [2.45, 2.75) is 50.3 Å². The van der Waals surface area contributed by atoms with Crippen LogP contribution in [0.1, 0.15) is 49.3 Å². The number of piperazine rings is 1. The van der Waals surface area contributed by atoms with Gasteiger partial charge in [0.25, 0.3) is 0 Å². The van der Waals surface area contributed by atoms with Crippen molar-refractivity contribution < 1.29 is 22.7 Å². The quantitative estimate of drug-likeness (QED) is 0.411. The predicted octanol–water partition coefficient (Wildman–Crippen LogP) is 5.46. The van der Waals surface area contributed by atoms with Gasteiger partial charge < -0.3 is 14.5 Å². The van der Waals surface area contributed by atoms with E-state index in [-0.39, 0.29) is 11.8 Å². The van der Waals surface area contributed by atoms with Crippen LogP contribution in [0.15, 0.2) is 48.5 Å². The first-order valence-corrected chi connectivity index (χ1v) is 12.9. The molecule has 1 saturated heterocycles.